The largest absolute Gasteiger partial charge is 0.383 e. The summed E-state index contributed by atoms with van der Waals surface area (Å²) >= 11 is 3.46. The zero-order valence-corrected chi connectivity index (χ0v) is 22.0. The summed E-state index contributed by atoms with van der Waals surface area (Å²) in [6, 6.07) is 13.9. The lowest BCUT2D eigenvalue weighted by atomic mass is 10.1. The van der Waals surface area contributed by atoms with Crippen LogP contribution in [0.3, 0.4) is 0 Å². The molecule has 9 heteroatoms. The van der Waals surface area contributed by atoms with Crippen molar-refractivity contribution in [3.05, 3.63) is 75.6 Å². The van der Waals surface area contributed by atoms with E-state index in [1.54, 1.807) is 18.1 Å². The number of methoxy groups -OCH3 is 1. The molecule has 186 valence electrons. The van der Waals surface area contributed by atoms with E-state index in [-0.39, 0.29) is 11.7 Å². The Bertz CT molecular complexity index is 1180. The molecule has 0 spiro atoms. The van der Waals surface area contributed by atoms with E-state index in [4.69, 9.17) is 9.84 Å². The Morgan fingerprint density at radius 3 is 2.57 bits per heavy atom. The van der Waals surface area contributed by atoms with Crippen molar-refractivity contribution in [2.45, 2.75) is 13.5 Å². The third-order valence-corrected chi connectivity index (χ3v) is 6.78. The molecule has 1 amide bonds. The smallest absolute Gasteiger partial charge is 0.254 e. The van der Waals surface area contributed by atoms with Gasteiger partial charge in [0, 0.05) is 55.4 Å². The van der Waals surface area contributed by atoms with Crippen LogP contribution in [0.25, 0.3) is 5.69 Å². The molecule has 1 aliphatic rings. The Morgan fingerprint density at radius 2 is 1.89 bits per heavy atom. The number of ether oxygens (including phenoxy) is 1. The highest BCUT2D eigenvalue weighted by Crippen LogP contribution is 2.30. The molecule has 1 aliphatic heterocycles. The number of aromatic nitrogens is 2. The molecule has 0 radical (unpaired) electrons. The van der Waals surface area contributed by atoms with Crippen LogP contribution in [0.5, 0.6) is 0 Å². The van der Waals surface area contributed by atoms with Gasteiger partial charge in [-0.25, -0.2) is 9.07 Å². The summed E-state index contributed by atoms with van der Waals surface area (Å²) in [5, 5.41) is 4.81. The minimum absolute atomic E-state index is 0.0782. The van der Waals surface area contributed by atoms with Gasteiger partial charge in [0.05, 0.1) is 24.5 Å². The Morgan fingerprint density at radius 1 is 1.14 bits per heavy atom. The number of piperazine rings is 1. The number of aryl methyl sites for hydroxylation is 1. The molecule has 0 unspecified atom stereocenters. The maximum absolute atomic E-state index is 14.1. The average molecular weight is 544 g/mol. The van der Waals surface area contributed by atoms with Crippen LogP contribution < -0.4 is 4.90 Å². The summed E-state index contributed by atoms with van der Waals surface area (Å²) in [6.45, 7) is 6.65. The zero-order valence-electron chi connectivity index (χ0n) is 20.4. The summed E-state index contributed by atoms with van der Waals surface area (Å²) in [6.07, 6.45) is 0. The topological polar surface area (TPSA) is 53.8 Å². The molecule has 1 saturated heterocycles. The highest BCUT2D eigenvalue weighted by atomic mass is 79.9. The number of carbonyl (C=O) groups is 1. The third-order valence-electron chi connectivity index (χ3n) is 6.29. The molecule has 0 saturated carbocycles. The van der Waals surface area contributed by atoms with Gasteiger partial charge in [0.15, 0.2) is 0 Å². The standard InChI is InChI=1S/C26H31BrFN5O2/c1-19-24(18-32(14-15-35-3)26(34)20-6-4-7-21(27)16-20)25(31-12-10-30(2)11-13-31)33(29-19)23-9-5-8-22(28)17-23/h4-9,16-17H,10-15,18H2,1-3H3. The molecule has 0 N–H and O–H groups in total. The second kappa shape index (κ2) is 11.3. The zero-order chi connectivity index (χ0) is 24.9. The highest BCUT2D eigenvalue weighted by molar-refractivity contribution is 9.10. The average Bonchev–Trinajstić information content (AvgIpc) is 3.17. The maximum atomic E-state index is 14.1. The number of hydrogen-bond donors (Lipinski definition) is 0. The van der Waals surface area contributed by atoms with E-state index in [0.717, 1.165) is 47.7 Å². The molecule has 35 heavy (non-hydrogen) atoms. The van der Waals surface area contributed by atoms with Gasteiger partial charge in [-0.2, -0.15) is 5.10 Å². The second-order valence-corrected chi connectivity index (χ2v) is 9.72. The van der Waals surface area contributed by atoms with Gasteiger partial charge < -0.3 is 19.4 Å². The van der Waals surface area contributed by atoms with Crippen LogP contribution >= 0.6 is 15.9 Å². The van der Waals surface area contributed by atoms with Crippen molar-refractivity contribution in [1.82, 2.24) is 19.6 Å². The van der Waals surface area contributed by atoms with E-state index in [1.807, 2.05) is 41.9 Å². The summed E-state index contributed by atoms with van der Waals surface area (Å²) in [4.78, 5) is 19.9. The SMILES string of the molecule is COCCN(Cc1c(C)nn(-c2cccc(F)c2)c1N1CCN(C)CC1)C(=O)c1cccc(Br)c1. The number of halogens is 2. The van der Waals surface area contributed by atoms with Crippen molar-refractivity contribution >= 4 is 27.7 Å². The number of amides is 1. The van der Waals surface area contributed by atoms with E-state index >= 15 is 0 Å². The third kappa shape index (κ3) is 5.91. The van der Waals surface area contributed by atoms with Crippen molar-refractivity contribution in [1.29, 1.82) is 0 Å². The molecule has 0 atom stereocenters. The first kappa shape index (κ1) is 25.3. The minimum atomic E-state index is -0.312. The monoisotopic (exact) mass is 543 g/mol. The maximum Gasteiger partial charge on any atom is 0.254 e. The summed E-state index contributed by atoms with van der Waals surface area (Å²) in [7, 11) is 3.74. The lowest BCUT2D eigenvalue weighted by molar-refractivity contribution is 0.0680. The fourth-order valence-electron chi connectivity index (χ4n) is 4.31. The molecule has 3 aromatic rings. The fraction of sp³-hybridized carbons (Fsp3) is 0.385. The molecule has 1 fully saturated rings. The van der Waals surface area contributed by atoms with E-state index < -0.39 is 0 Å². The molecule has 0 bridgehead atoms. The Kier molecular flexibility index (Phi) is 8.20. The first-order valence-corrected chi connectivity index (χ1v) is 12.5. The van der Waals surface area contributed by atoms with Crippen molar-refractivity contribution in [3.8, 4) is 5.69 Å². The fourth-order valence-corrected chi connectivity index (χ4v) is 4.71. The molecule has 2 aromatic carbocycles. The summed E-state index contributed by atoms with van der Waals surface area (Å²) < 4.78 is 22.1. The van der Waals surface area contributed by atoms with Crippen LogP contribution in [0, 0.1) is 12.7 Å². The van der Waals surface area contributed by atoms with Gasteiger partial charge in [0.1, 0.15) is 11.6 Å². The lowest BCUT2D eigenvalue weighted by Gasteiger charge is -2.35. The van der Waals surface area contributed by atoms with Crippen molar-refractivity contribution in [2.24, 2.45) is 0 Å². The van der Waals surface area contributed by atoms with E-state index in [1.165, 1.54) is 12.1 Å². The molecule has 2 heterocycles. The van der Waals surface area contributed by atoms with E-state index in [9.17, 15) is 9.18 Å². The molecule has 4 rings (SSSR count). The van der Waals surface area contributed by atoms with Crippen LogP contribution in [0.2, 0.25) is 0 Å². The molecular weight excluding hydrogens is 513 g/mol. The van der Waals surface area contributed by atoms with Gasteiger partial charge in [-0.1, -0.05) is 28.1 Å². The van der Waals surface area contributed by atoms with Gasteiger partial charge in [0.25, 0.3) is 5.91 Å². The van der Waals surface area contributed by atoms with E-state index in [0.29, 0.717) is 30.9 Å². The number of nitrogens with zero attached hydrogens (tertiary/aromatic N) is 5. The van der Waals surface area contributed by atoms with Crippen LogP contribution in [-0.4, -0.2) is 79.0 Å². The second-order valence-electron chi connectivity index (χ2n) is 8.80. The van der Waals surface area contributed by atoms with Crippen molar-refractivity contribution in [2.75, 3.05) is 58.4 Å². The van der Waals surface area contributed by atoms with E-state index in [2.05, 4.69) is 32.8 Å². The van der Waals surface area contributed by atoms with Crippen LogP contribution in [-0.2, 0) is 11.3 Å². The van der Waals surface area contributed by atoms with Gasteiger partial charge in [-0.15, -0.1) is 0 Å². The van der Waals surface area contributed by atoms with Crippen LogP contribution in [0.4, 0.5) is 10.2 Å². The van der Waals surface area contributed by atoms with Crippen LogP contribution in [0.1, 0.15) is 21.6 Å². The number of likely N-dealkylation sites (N-methyl/N-ethyl adjacent to an activating group) is 1. The quantitative estimate of drug-likeness (QED) is 0.427. The first-order chi connectivity index (χ1) is 16.9. The number of carbonyl (C=O) groups excluding carboxylic acids is 1. The first-order valence-electron chi connectivity index (χ1n) is 11.7. The molecule has 0 aliphatic carbocycles. The normalized spacial score (nSPS) is 14.4. The predicted octanol–water partition coefficient (Wildman–Crippen LogP) is 4.12. The molecule has 1 aromatic heterocycles. The van der Waals surface area contributed by atoms with Crippen molar-refractivity contribution < 1.29 is 13.9 Å². The van der Waals surface area contributed by atoms with Gasteiger partial charge in [-0.3, -0.25) is 4.79 Å². The summed E-state index contributed by atoms with van der Waals surface area (Å²) in [5.41, 5.74) is 3.03. The Labute approximate surface area is 214 Å². The lowest BCUT2D eigenvalue weighted by Crippen LogP contribution is -2.45. The van der Waals surface area contributed by atoms with Gasteiger partial charge in [-0.05, 0) is 50.4 Å². The number of benzene rings is 2. The van der Waals surface area contributed by atoms with Crippen LogP contribution in [0.15, 0.2) is 53.0 Å². The molecular formula is C26H31BrFN5O2. The van der Waals surface area contributed by atoms with Gasteiger partial charge >= 0.3 is 0 Å². The molecule has 7 nitrogen and oxygen atoms in total. The minimum Gasteiger partial charge on any atom is -0.383 e. The Hall–Kier alpha value is -2.75. The van der Waals surface area contributed by atoms with Gasteiger partial charge in [0.2, 0.25) is 0 Å². The highest BCUT2D eigenvalue weighted by Gasteiger charge is 2.27. The number of rotatable bonds is 8. The Balaban J connectivity index is 1.75. The number of anilines is 1. The van der Waals surface area contributed by atoms with Crippen molar-refractivity contribution in [3.63, 3.8) is 0 Å². The number of hydrogen-bond acceptors (Lipinski definition) is 5. The predicted molar refractivity (Wildman–Crippen MR) is 139 cm³/mol. The summed E-state index contributed by atoms with van der Waals surface area (Å²) in [5.74, 6) is 0.518.